The van der Waals surface area contributed by atoms with Gasteiger partial charge in [-0.15, -0.1) is 0 Å². The van der Waals surface area contributed by atoms with E-state index in [9.17, 15) is 4.39 Å². The Labute approximate surface area is 129 Å². The van der Waals surface area contributed by atoms with Crippen LogP contribution in [0.1, 0.15) is 46.2 Å². The molecule has 0 aliphatic rings. The summed E-state index contributed by atoms with van der Waals surface area (Å²) in [6.07, 6.45) is 0. The highest BCUT2D eigenvalue weighted by atomic mass is 19.1. The van der Waals surface area contributed by atoms with Gasteiger partial charge in [0.15, 0.2) is 0 Å². The number of rotatable bonds is 9. The molecule has 0 heterocycles. The second-order valence-electron chi connectivity index (χ2n) is 6.28. The van der Waals surface area contributed by atoms with Gasteiger partial charge in [-0.05, 0) is 31.0 Å². The lowest BCUT2D eigenvalue weighted by atomic mass is 9.93. The van der Waals surface area contributed by atoms with Gasteiger partial charge in [-0.1, -0.05) is 52.8 Å². The molecular weight excluding hydrogens is 263 g/mol. The molecule has 3 heteroatoms. The lowest BCUT2D eigenvalue weighted by Gasteiger charge is -2.31. The van der Waals surface area contributed by atoms with Crippen molar-refractivity contribution in [3.8, 4) is 0 Å². The summed E-state index contributed by atoms with van der Waals surface area (Å²) in [5.41, 5.74) is 0.785. The SMILES string of the molecule is CCNC(c1ccccc1F)C(C)CN(CC)CC(C)C. The molecule has 0 amide bonds. The second-order valence-corrected chi connectivity index (χ2v) is 6.28. The molecular formula is C18H31FN2. The zero-order chi connectivity index (χ0) is 15.8. The molecule has 0 aliphatic carbocycles. The molecule has 0 fully saturated rings. The van der Waals surface area contributed by atoms with Crippen LogP contribution in [0.5, 0.6) is 0 Å². The van der Waals surface area contributed by atoms with Gasteiger partial charge in [-0.25, -0.2) is 4.39 Å². The van der Waals surface area contributed by atoms with Crippen LogP contribution in [0.2, 0.25) is 0 Å². The standard InChI is InChI=1S/C18H31FN2/c1-6-20-18(16-10-8-9-11-17(16)19)15(5)13-21(7-2)12-14(3)4/h8-11,14-15,18,20H,6-7,12-13H2,1-5H3. The van der Waals surface area contributed by atoms with Crippen molar-refractivity contribution in [1.82, 2.24) is 10.2 Å². The molecule has 2 nitrogen and oxygen atoms in total. The van der Waals surface area contributed by atoms with Crippen molar-refractivity contribution in [3.63, 3.8) is 0 Å². The first kappa shape index (κ1) is 18.1. The van der Waals surface area contributed by atoms with Crippen molar-refractivity contribution in [3.05, 3.63) is 35.6 Å². The molecule has 0 aromatic heterocycles. The molecule has 1 aromatic rings. The molecule has 2 atom stereocenters. The summed E-state index contributed by atoms with van der Waals surface area (Å²) in [6, 6.07) is 7.19. The number of benzene rings is 1. The van der Waals surface area contributed by atoms with Crippen molar-refractivity contribution in [2.24, 2.45) is 11.8 Å². The zero-order valence-corrected chi connectivity index (χ0v) is 14.2. The highest BCUT2D eigenvalue weighted by molar-refractivity contribution is 5.22. The van der Waals surface area contributed by atoms with Crippen LogP contribution in [0.3, 0.4) is 0 Å². The van der Waals surface area contributed by atoms with E-state index in [-0.39, 0.29) is 11.9 Å². The van der Waals surface area contributed by atoms with Crippen LogP contribution in [0.4, 0.5) is 4.39 Å². The minimum Gasteiger partial charge on any atom is -0.310 e. The summed E-state index contributed by atoms with van der Waals surface area (Å²) in [6.45, 7) is 14.9. The summed E-state index contributed by atoms with van der Waals surface area (Å²) in [5, 5.41) is 3.46. The zero-order valence-electron chi connectivity index (χ0n) is 14.2. The van der Waals surface area contributed by atoms with Crippen molar-refractivity contribution < 1.29 is 4.39 Å². The lowest BCUT2D eigenvalue weighted by Crippen LogP contribution is -2.37. The number of nitrogens with zero attached hydrogens (tertiary/aromatic N) is 1. The van der Waals surface area contributed by atoms with Crippen molar-refractivity contribution in [2.45, 2.75) is 40.7 Å². The third-order valence-corrected chi connectivity index (χ3v) is 3.85. The average molecular weight is 294 g/mol. The van der Waals surface area contributed by atoms with Gasteiger partial charge in [0, 0.05) is 24.7 Å². The first-order valence-corrected chi connectivity index (χ1v) is 8.19. The summed E-state index contributed by atoms with van der Waals surface area (Å²) in [4.78, 5) is 2.46. The predicted molar refractivity (Wildman–Crippen MR) is 88.9 cm³/mol. The maximum atomic E-state index is 14.1. The van der Waals surface area contributed by atoms with Gasteiger partial charge in [0.05, 0.1) is 0 Å². The lowest BCUT2D eigenvalue weighted by molar-refractivity contribution is 0.199. The van der Waals surface area contributed by atoms with Crippen molar-refractivity contribution in [2.75, 3.05) is 26.2 Å². The van der Waals surface area contributed by atoms with E-state index in [0.717, 1.165) is 31.7 Å². The fraction of sp³-hybridized carbons (Fsp3) is 0.667. The molecule has 0 saturated heterocycles. The Kier molecular flexibility index (Phi) is 7.91. The Hall–Kier alpha value is -0.930. The molecule has 120 valence electrons. The summed E-state index contributed by atoms with van der Waals surface area (Å²) < 4.78 is 14.1. The van der Waals surface area contributed by atoms with Crippen LogP contribution >= 0.6 is 0 Å². The van der Waals surface area contributed by atoms with E-state index < -0.39 is 0 Å². The van der Waals surface area contributed by atoms with Gasteiger partial charge >= 0.3 is 0 Å². The molecule has 0 bridgehead atoms. The molecule has 1 rings (SSSR count). The van der Waals surface area contributed by atoms with Crippen LogP contribution in [-0.4, -0.2) is 31.1 Å². The summed E-state index contributed by atoms with van der Waals surface area (Å²) in [7, 11) is 0. The molecule has 2 unspecified atom stereocenters. The topological polar surface area (TPSA) is 15.3 Å². The van der Waals surface area contributed by atoms with Gasteiger partial charge in [0.2, 0.25) is 0 Å². The highest BCUT2D eigenvalue weighted by Gasteiger charge is 2.23. The molecule has 0 spiro atoms. The highest BCUT2D eigenvalue weighted by Crippen LogP contribution is 2.25. The van der Waals surface area contributed by atoms with E-state index in [2.05, 4.69) is 44.8 Å². The smallest absolute Gasteiger partial charge is 0.127 e. The van der Waals surface area contributed by atoms with Crippen LogP contribution in [0, 0.1) is 17.7 Å². The molecule has 0 aliphatic heterocycles. The Bertz CT molecular complexity index is 406. The Balaban J connectivity index is 2.82. The minimum absolute atomic E-state index is 0.0670. The fourth-order valence-corrected chi connectivity index (χ4v) is 2.93. The quantitative estimate of drug-likeness (QED) is 0.738. The Morgan fingerprint density at radius 2 is 1.76 bits per heavy atom. The van der Waals surface area contributed by atoms with E-state index in [1.165, 1.54) is 0 Å². The van der Waals surface area contributed by atoms with Crippen molar-refractivity contribution >= 4 is 0 Å². The average Bonchev–Trinajstić information content (AvgIpc) is 2.44. The number of hydrogen-bond acceptors (Lipinski definition) is 2. The number of hydrogen-bond donors (Lipinski definition) is 1. The van der Waals surface area contributed by atoms with Crippen molar-refractivity contribution in [1.29, 1.82) is 0 Å². The third-order valence-electron chi connectivity index (χ3n) is 3.85. The van der Waals surface area contributed by atoms with Gasteiger partial charge in [-0.2, -0.15) is 0 Å². The fourth-order valence-electron chi connectivity index (χ4n) is 2.93. The van der Waals surface area contributed by atoms with Crippen LogP contribution < -0.4 is 5.32 Å². The Morgan fingerprint density at radius 1 is 1.10 bits per heavy atom. The monoisotopic (exact) mass is 294 g/mol. The van der Waals surface area contributed by atoms with E-state index in [1.807, 2.05) is 12.1 Å². The summed E-state index contributed by atoms with van der Waals surface area (Å²) >= 11 is 0. The second kappa shape index (κ2) is 9.16. The maximum absolute atomic E-state index is 14.1. The maximum Gasteiger partial charge on any atom is 0.127 e. The normalized spacial score (nSPS) is 14.7. The number of nitrogens with one attached hydrogen (secondary N) is 1. The first-order valence-electron chi connectivity index (χ1n) is 8.19. The van der Waals surface area contributed by atoms with Crippen LogP contribution in [0.25, 0.3) is 0 Å². The molecule has 21 heavy (non-hydrogen) atoms. The first-order chi connectivity index (χ1) is 9.99. The number of halogens is 1. The van der Waals surface area contributed by atoms with Gasteiger partial charge < -0.3 is 10.2 Å². The van der Waals surface area contributed by atoms with Crippen LogP contribution in [0.15, 0.2) is 24.3 Å². The predicted octanol–water partition coefficient (Wildman–Crippen LogP) is 4.09. The molecule has 1 aromatic carbocycles. The van der Waals surface area contributed by atoms with E-state index in [1.54, 1.807) is 12.1 Å². The molecule has 1 N–H and O–H groups in total. The van der Waals surface area contributed by atoms with Gasteiger partial charge in [0.1, 0.15) is 5.82 Å². The van der Waals surface area contributed by atoms with E-state index in [0.29, 0.717) is 11.8 Å². The van der Waals surface area contributed by atoms with Gasteiger partial charge in [-0.3, -0.25) is 0 Å². The van der Waals surface area contributed by atoms with E-state index in [4.69, 9.17) is 0 Å². The minimum atomic E-state index is -0.109. The van der Waals surface area contributed by atoms with E-state index >= 15 is 0 Å². The van der Waals surface area contributed by atoms with Crippen LogP contribution in [-0.2, 0) is 0 Å². The largest absolute Gasteiger partial charge is 0.310 e. The Morgan fingerprint density at radius 3 is 2.29 bits per heavy atom. The van der Waals surface area contributed by atoms with Gasteiger partial charge in [0.25, 0.3) is 0 Å². The molecule has 0 saturated carbocycles. The molecule has 0 radical (unpaired) electrons. The summed E-state index contributed by atoms with van der Waals surface area (Å²) in [5.74, 6) is 0.908. The third kappa shape index (κ3) is 5.76.